The number of nitrogens with one attached hydrogen (secondary N) is 1. The van der Waals surface area contributed by atoms with Gasteiger partial charge in [0.15, 0.2) is 5.16 Å². The van der Waals surface area contributed by atoms with Gasteiger partial charge in [-0.3, -0.25) is 9.59 Å². The molecule has 0 bridgehead atoms. The molecule has 0 radical (unpaired) electrons. The Kier molecular flexibility index (Phi) is 8.95. The molecule has 1 N–H and O–H groups in total. The molecular formula is C29H28N4O6S. The number of imide groups is 1. The highest BCUT2D eigenvalue weighted by Crippen LogP contribution is 2.38. The maximum Gasteiger partial charge on any atom is 0.340 e. The summed E-state index contributed by atoms with van der Waals surface area (Å²) in [6.45, 7) is 7.65. The van der Waals surface area contributed by atoms with Crippen molar-refractivity contribution in [2.75, 3.05) is 23.4 Å². The van der Waals surface area contributed by atoms with Crippen LogP contribution in [-0.4, -0.2) is 46.9 Å². The average molecular weight is 561 g/mol. The lowest BCUT2D eigenvalue weighted by molar-refractivity contribution is -0.120. The van der Waals surface area contributed by atoms with E-state index in [2.05, 4.69) is 15.3 Å². The van der Waals surface area contributed by atoms with Crippen LogP contribution in [-0.2, 0) is 19.1 Å². The van der Waals surface area contributed by atoms with Gasteiger partial charge in [-0.15, -0.1) is 0 Å². The van der Waals surface area contributed by atoms with E-state index in [0.29, 0.717) is 34.2 Å². The second-order valence-corrected chi connectivity index (χ2v) is 9.74. The van der Waals surface area contributed by atoms with E-state index in [4.69, 9.17) is 9.47 Å². The van der Waals surface area contributed by atoms with E-state index >= 15 is 0 Å². The fourth-order valence-corrected chi connectivity index (χ4v) is 4.91. The second kappa shape index (κ2) is 12.6. The zero-order valence-corrected chi connectivity index (χ0v) is 23.3. The van der Waals surface area contributed by atoms with Gasteiger partial charge in [0.1, 0.15) is 10.6 Å². The number of amides is 2. The van der Waals surface area contributed by atoms with Gasteiger partial charge in [0.25, 0.3) is 11.8 Å². The predicted octanol–water partition coefficient (Wildman–Crippen LogP) is 4.83. The molecule has 2 heterocycles. The van der Waals surface area contributed by atoms with E-state index in [1.54, 1.807) is 49.4 Å². The first-order chi connectivity index (χ1) is 19.2. The normalized spacial score (nSPS) is 13.1. The smallest absolute Gasteiger partial charge is 0.340 e. The van der Waals surface area contributed by atoms with Crippen LogP contribution >= 0.6 is 11.8 Å². The number of aromatic nitrogens is 2. The van der Waals surface area contributed by atoms with Crippen molar-refractivity contribution in [3.63, 3.8) is 0 Å². The Morgan fingerprint density at radius 2 is 1.57 bits per heavy atom. The monoisotopic (exact) mass is 560 g/mol. The third-order valence-electron chi connectivity index (χ3n) is 5.66. The molecule has 0 saturated heterocycles. The van der Waals surface area contributed by atoms with E-state index in [0.717, 1.165) is 16.7 Å². The van der Waals surface area contributed by atoms with E-state index in [1.807, 2.05) is 20.8 Å². The van der Waals surface area contributed by atoms with Crippen molar-refractivity contribution < 1.29 is 28.7 Å². The SMILES string of the molecule is CCCOC(=O)c1ccccc1N1C(=O)C(Nc2ccc(C(=O)OCC)cc2)=C(Sc2nc(C)cc(C)n2)C1=O. The number of ether oxygens (including phenoxy) is 2. The molecule has 3 aromatic rings. The molecule has 40 heavy (non-hydrogen) atoms. The number of esters is 2. The van der Waals surface area contributed by atoms with Gasteiger partial charge in [0.2, 0.25) is 0 Å². The molecule has 2 aromatic carbocycles. The Morgan fingerprint density at radius 1 is 0.900 bits per heavy atom. The Labute approximate surface area is 235 Å². The summed E-state index contributed by atoms with van der Waals surface area (Å²) in [5, 5.41) is 3.32. The molecule has 1 aromatic heterocycles. The molecule has 0 saturated carbocycles. The lowest BCUT2D eigenvalue weighted by Gasteiger charge is -2.18. The lowest BCUT2D eigenvalue weighted by atomic mass is 10.1. The van der Waals surface area contributed by atoms with Crippen LogP contribution in [0.1, 0.15) is 52.4 Å². The number of anilines is 2. The number of carbonyl (C=O) groups excluding carboxylic acids is 4. The van der Waals surface area contributed by atoms with Crippen molar-refractivity contribution in [3.8, 4) is 0 Å². The number of nitrogens with zero attached hydrogens (tertiary/aromatic N) is 3. The van der Waals surface area contributed by atoms with Crippen molar-refractivity contribution in [2.45, 2.75) is 39.3 Å². The maximum absolute atomic E-state index is 13.8. The van der Waals surface area contributed by atoms with E-state index in [9.17, 15) is 19.2 Å². The van der Waals surface area contributed by atoms with Crippen LogP contribution in [0.2, 0.25) is 0 Å². The summed E-state index contributed by atoms with van der Waals surface area (Å²) in [5.74, 6) is -2.41. The number of hydrogen-bond donors (Lipinski definition) is 1. The Bertz CT molecular complexity index is 1480. The van der Waals surface area contributed by atoms with Crippen molar-refractivity contribution in [1.82, 2.24) is 9.97 Å². The van der Waals surface area contributed by atoms with Gasteiger partial charge in [-0.1, -0.05) is 19.1 Å². The molecule has 206 valence electrons. The van der Waals surface area contributed by atoms with Gasteiger partial charge in [-0.05, 0) is 81.4 Å². The minimum atomic E-state index is -0.665. The van der Waals surface area contributed by atoms with Crippen molar-refractivity contribution in [3.05, 3.63) is 87.7 Å². The molecule has 1 aliphatic heterocycles. The van der Waals surface area contributed by atoms with Gasteiger partial charge in [-0.2, -0.15) is 0 Å². The van der Waals surface area contributed by atoms with Gasteiger partial charge in [0, 0.05) is 17.1 Å². The average Bonchev–Trinajstić information content (AvgIpc) is 3.15. The number of benzene rings is 2. The van der Waals surface area contributed by atoms with Gasteiger partial charge in [-0.25, -0.2) is 24.5 Å². The molecule has 2 amide bonds. The van der Waals surface area contributed by atoms with Crippen LogP contribution in [0.25, 0.3) is 0 Å². The van der Waals surface area contributed by atoms with Gasteiger partial charge < -0.3 is 14.8 Å². The van der Waals surface area contributed by atoms with E-state index in [1.165, 1.54) is 12.1 Å². The highest BCUT2D eigenvalue weighted by molar-refractivity contribution is 8.04. The molecule has 4 rings (SSSR count). The molecule has 0 spiro atoms. The number of carbonyl (C=O) groups is 4. The van der Waals surface area contributed by atoms with Crippen LogP contribution in [0, 0.1) is 13.8 Å². The molecule has 0 atom stereocenters. The van der Waals surface area contributed by atoms with E-state index in [-0.39, 0.29) is 35.1 Å². The fraction of sp³-hybridized carbons (Fsp3) is 0.241. The minimum Gasteiger partial charge on any atom is -0.462 e. The molecule has 0 fully saturated rings. The number of hydrogen-bond acceptors (Lipinski definition) is 10. The summed E-state index contributed by atoms with van der Waals surface area (Å²) in [6, 6.07) is 14.4. The topological polar surface area (TPSA) is 128 Å². The Morgan fingerprint density at radius 3 is 2.23 bits per heavy atom. The summed E-state index contributed by atoms with van der Waals surface area (Å²) in [7, 11) is 0. The number of thioether (sulfide) groups is 1. The van der Waals surface area contributed by atoms with Crippen LogP contribution in [0.3, 0.4) is 0 Å². The third kappa shape index (κ3) is 6.20. The molecule has 1 aliphatic rings. The predicted molar refractivity (Wildman–Crippen MR) is 150 cm³/mol. The van der Waals surface area contributed by atoms with Crippen molar-refractivity contribution in [1.29, 1.82) is 0 Å². The largest absolute Gasteiger partial charge is 0.462 e. The Balaban J connectivity index is 1.74. The minimum absolute atomic E-state index is 0.0154. The number of rotatable bonds is 10. The molecule has 10 nitrogen and oxygen atoms in total. The van der Waals surface area contributed by atoms with Gasteiger partial charge >= 0.3 is 11.9 Å². The zero-order valence-electron chi connectivity index (χ0n) is 22.5. The first kappa shape index (κ1) is 28.5. The quantitative estimate of drug-likeness (QED) is 0.209. The summed E-state index contributed by atoms with van der Waals surface area (Å²) < 4.78 is 10.3. The number of aryl methyl sites for hydroxylation is 2. The molecule has 11 heteroatoms. The summed E-state index contributed by atoms with van der Waals surface area (Å²) >= 11 is 0.953. The third-order valence-corrected chi connectivity index (χ3v) is 6.61. The zero-order chi connectivity index (χ0) is 28.8. The van der Waals surface area contributed by atoms with Crippen LogP contribution in [0.5, 0.6) is 0 Å². The number of para-hydroxylation sites is 1. The van der Waals surface area contributed by atoms with Crippen LogP contribution in [0.4, 0.5) is 11.4 Å². The molecule has 0 aliphatic carbocycles. The summed E-state index contributed by atoms with van der Waals surface area (Å²) in [4.78, 5) is 62.3. The van der Waals surface area contributed by atoms with Crippen molar-refractivity contribution in [2.24, 2.45) is 0 Å². The molecular weight excluding hydrogens is 532 g/mol. The first-order valence-electron chi connectivity index (χ1n) is 12.7. The lowest BCUT2D eigenvalue weighted by Crippen LogP contribution is -2.33. The fourth-order valence-electron chi connectivity index (χ4n) is 3.93. The molecule has 0 unspecified atom stereocenters. The van der Waals surface area contributed by atoms with E-state index < -0.39 is 23.8 Å². The van der Waals surface area contributed by atoms with Crippen molar-refractivity contribution >= 4 is 46.9 Å². The Hall–Kier alpha value is -4.51. The first-order valence-corrected chi connectivity index (χ1v) is 13.5. The standard InChI is InChI=1S/C29H28N4O6S/c1-5-15-39-28(37)21-9-7-8-10-22(21)33-25(34)23(32-20-13-11-19(12-14-20)27(36)38-6-2)24(26(33)35)40-29-30-17(3)16-18(4)31-29/h7-14,16,32H,5-6,15H2,1-4H3. The summed E-state index contributed by atoms with van der Waals surface area (Å²) in [6.07, 6.45) is 0.622. The van der Waals surface area contributed by atoms with Gasteiger partial charge in [0.05, 0.1) is 30.0 Å². The second-order valence-electron chi connectivity index (χ2n) is 8.76. The highest BCUT2D eigenvalue weighted by Gasteiger charge is 2.42. The highest BCUT2D eigenvalue weighted by atomic mass is 32.2. The summed E-state index contributed by atoms with van der Waals surface area (Å²) in [5.41, 5.74) is 2.39. The maximum atomic E-state index is 13.8. The van der Waals surface area contributed by atoms with Crippen LogP contribution < -0.4 is 10.2 Å². The van der Waals surface area contributed by atoms with Crippen LogP contribution in [0.15, 0.2) is 70.4 Å².